The summed E-state index contributed by atoms with van der Waals surface area (Å²) in [6.07, 6.45) is 5.92. The van der Waals surface area contributed by atoms with Gasteiger partial charge in [0.1, 0.15) is 5.75 Å². The molecule has 0 aliphatic rings. The quantitative estimate of drug-likeness (QED) is 0.434. The van der Waals surface area contributed by atoms with Crippen molar-refractivity contribution in [3.8, 4) is 5.75 Å². The van der Waals surface area contributed by atoms with E-state index in [1.807, 2.05) is 0 Å². The van der Waals surface area contributed by atoms with Crippen LogP contribution in [0, 0.1) is 13.8 Å². The first kappa shape index (κ1) is 21.1. The lowest BCUT2D eigenvalue weighted by Crippen LogP contribution is -2.19. The Morgan fingerprint density at radius 3 is 2.44 bits per heavy atom. The molecule has 0 amide bonds. The van der Waals surface area contributed by atoms with Gasteiger partial charge in [-0.2, -0.15) is 0 Å². The third kappa shape index (κ3) is 6.16. The van der Waals surface area contributed by atoms with Gasteiger partial charge in [-0.3, -0.25) is 0 Å². The molecular weight excluding hydrogens is 330 g/mol. The summed E-state index contributed by atoms with van der Waals surface area (Å²) in [5.41, 5.74) is 5.90. The highest BCUT2D eigenvalue weighted by Crippen LogP contribution is 2.26. The maximum Gasteiger partial charge on any atom is 0.122 e. The van der Waals surface area contributed by atoms with E-state index < -0.39 is 0 Å². The molecule has 27 heavy (non-hydrogen) atoms. The van der Waals surface area contributed by atoms with Crippen molar-refractivity contribution in [2.45, 2.75) is 65.8 Å². The molecule has 1 unspecified atom stereocenters. The Balaban J connectivity index is 1.99. The van der Waals surface area contributed by atoms with Crippen LogP contribution in [0.5, 0.6) is 5.75 Å². The van der Waals surface area contributed by atoms with Gasteiger partial charge in [-0.15, -0.1) is 0 Å². The van der Waals surface area contributed by atoms with Crippen LogP contribution in [0.2, 0.25) is 0 Å². The minimum Gasteiger partial charge on any atom is -0.493 e. The van der Waals surface area contributed by atoms with Crippen LogP contribution in [0.1, 0.15) is 74.2 Å². The third-order valence-electron chi connectivity index (χ3n) is 5.10. The molecule has 1 N–H and O–H groups in total. The molecule has 2 heteroatoms. The summed E-state index contributed by atoms with van der Waals surface area (Å²) in [5.74, 6) is 0.981. The van der Waals surface area contributed by atoms with E-state index in [2.05, 4.69) is 82.1 Å². The van der Waals surface area contributed by atoms with E-state index in [-0.39, 0.29) is 6.04 Å². The monoisotopic (exact) mass is 365 g/mol. The summed E-state index contributed by atoms with van der Waals surface area (Å²) in [5, 5.41) is 3.62. The molecule has 1 atom stereocenters. The summed E-state index contributed by atoms with van der Waals surface area (Å²) in [7, 11) is 0. The molecule has 0 spiro atoms. The number of unbranched alkanes of at least 4 members (excludes halogenated alkanes) is 3. The molecule has 146 valence electrons. The van der Waals surface area contributed by atoms with E-state index in [1.165, 1.54) is 30.4 Å². The van der Waals surface area contributed by atoms with E-state index in [9.17, 15) is 0 Å². The van der Waals surface area contributed by atoms with E-state index >= 15 is 0 Å². The fourth-order valence-corrected chi connectivity index (χ4v) is 3.38. The van der Waals surface area contributed by atoms with E-state index in [4.69, 9.17) is 4.74 Å². The highest BCUT2D eigenvalue weighted by atomic mass is 16.5. The maximum atomic E-state index is 5.96. The summed E-state index contributed by atoms with van der Waals surface area (Å²) in [6.45, 7) is 13.8. The first-order valence-corrected chi connectivity index (χ1v) is 10.3. The number of rotatable bonds is 11. The Bertz CT molecular complexity index is 735. The zero-order valence-electron chi connectivity index (χ0n) is 17.5. The average molecular weight is 366 g/mol. The molecule has 0 aliphatic heterocycles. The minimum absolute atomic E-state index is 0.272. The average Bonchev–Trinajstić information content (AvgIpc) is 2.67. The van der Waals surface area contributed by atoms with Crippen LogP contribution < -0.4 is 10.1 Å². The Labute approximate surface area is 165 Å². The first-order chi connectivity index (χ1) is 13.1. The minimum atomic E-state index is 0.272. The highest BCUT2D eigenvalue weighted by Gasteiger charge is 2.13. The van der Waals surface area contributed by atoms with Crippen molar-refractivity contribution in [2.24, 2.45) is 0 Å². The largest absolute Gasteiger partial charge is 0.493 e. The number of ether oxygens (including phenoxy) is 1. The smallest absolute Gasteiger partial charge is 0.122 e. The SMILES string of the molecule is C=C(NC(CC)c1ccccc1C)c1ccc(OCCCCCC)c(C)c1. The summed E-state index contributed by atoms with van der Waals surface area (Å²) >= 11 is 0. The molecular formula is C25H35NO. The lowest BCUT2D eigenvalue weighted by Gasteiger charge is -2.22. The molecule has 0 aromatic heterocycles. The topological polar surface area (TPSA) is 21.3 Å². The van der Waals surface area contributed by atoms with Crippen LogP contribution in [0.3, 0.4) is 0 Å². The van der Waals surface area contributed by atoms with Crippen LogP contribution in [-0.4, -0.2) is 6.61 Å². The number of nitrogens with one attached hydrogen (secondary N) is 1. The molecule has 2 rings (SSSR count). The van der Waals surface area contributed by atoms with Crippen molar-refractivity contribution in [1.82, 2.24) is 5.32 Å². The van der Waals surface area contributed by atoms with Gasteiger partial charge in [-0.05, 0) is 67.1 Å². The molecule has 2 aromatic rings. The van der Waals surface area contributed by atoms with E-state index in [0.29, 0.717) is 0 Å². The van der Waals surface area contributed by atoms with Crippen molar-refractivity contribution in [2.75, 3.05) is 6.61 Å². The van der Waals surface area contributed by atoms with Crippen molar-refractivity contribution in [3.05, 3.63) is 71.3 Å². The molecule has 0 fully saturated rings. The summed E-state index contributed by atoms with van der Waals surface area (Å²) in [4.78, 5) is 0. The Morgan fingerprint density at radius 2 is 1.78 bits per heavy atom. The van der Waals surface area contributed by atoms with Gasteiger partial charge in [0.15, 0.2) is 0 Å². The predicted molar refractivity (Wildman–Crippen MR) is 117 cm³/mol. The number of hydrogen-bond acceptors (Lipinski definition) is 2. The van der Waals surface area contributed by atoms with Crippen LogP contribution in [0.25, 0.3) is 5.70 Å². The second kappa shape index (κ2) is 10.8. The van der Waals surface area contributed by atoms with Crippen molar-refractivity contribution in [1.29, 1.82) is 0 Å². The van der Waals surface area contributed by atoms with Crippen LogP contribution in [-0.2, 0) is 0 Å². The molecule has 0 heterocycles. The molecule has 2 nitrogen and oxygen atoms in total. The Kier molecular flexibility index (Phi) is 8.44. The summed E-state index contributed by atoms with van der Waals surface area (Å²) in [6, 6.07) is 15.2. The van der Waals surface area contributed by atoms with Crippen molar-refractivity contribution < 1.29 is 4.74 Å². The van der Waals surface area contributed by atoms with Gasteiger partial charge in [0.25, 0.3) is 0 Å². The van der Waals surface area contributed by atoms with Gasteiger partial charge >= 0.3 is 0 Å². The van der Waals surface area contributed by atoms with Crippen molar-refractivity contribution >= 4 is 5.70 Å². The van der Waals surface area contributed by atoms with Gasteiger partial charge in [-0.1, -0.05) is 64.0 Å². The lowest BCUT2D eigenvalue weighted by atomic mass is 9.98. The Morgan fingerprint density at radius 1 is 1.00 bits per heavy atom. The van der Waals surface area contributed by atoms with Crippen molar-refractivity contribution in [3.63, 3.8) is 0 Å². The van der Waals surface area contributed by atoms with E-state index in [0.717, 1.165) is 42.0 Å². The molecule has 0 radical (unpaired) electrons. The zero-order valence-corrected chi connectivity index (χ0v) is 17.5. The Hall–Kier alpha value is -2.22. The second-order valence-electron chi connectivity index (χ2n) is 7.33. The molecule has 0 aliphatic carbocycles. The van der Waals surface area contributed by atoms with Crippen LogP contribution >= 0.6 is 0 Å². The molecule has 2 aromatic carbocycles. The van der Waals surface area contributed by atoms with Gasteiger partial charge < -0.3 is 10.1 Å². The molecule has 0 saturated carbocycles. The molecule has 0 bridgehead atoms. The first-order valence-electron chi connectivity index (χ1n) is 10.3. The number of aryl methyl sites for hydroxylation is 2. The van der Waals surface area contributed by atoms with Gasteiger partial charge in [0.2, 0.25) is 0 Å². The van der Waals surface area contributed by atoms with Crippen LogP contribution in [0.15, 0.2) is 49.0 Å². The van der Waals surface area contributed by atoms with Gasteiger partial charge in [-0.25, -0.2) is 0 Å². The van der Waals surface area contributed by atoms with E-state index in [1.54, 1.807) is 0 Å². The van der Waals surface area contributed by atoms with Gasteiger partial charge in [0.05, 0.1) is 12.6 Å². The second-order valence-corrected chi connectivity index (χ2v) is 7.33. The summed E-state index contributed by atoms with van der Waals surface area (Å²) < 4.78 is 5.96. The number of benzene rings is 2. The third-order valence-corrected chi connectivity index (χ3v) is 5.10. The molecule has 0 saturated heterocycles. The number of hydrogen-bond donors (Lipinski definition) is 1. The standard InChI is InChI=1S/C25H35NO/c1-6-8-9-12-17-27-25-16-15-22(18-20(25)4)21(5)26-24(7-2)23-14-11-10-13-19(23)3/h10-11,13-16,18,24,26H,5-9,12,17H2,1-4H3. The van der Waals surface area contributed by atoms with Gasteiger partial charge in [0, 0.05) is 5.70 Å². The highest BCUT2D eigenvalue weighted by molar-refractivity contribution is 5.64. The fraction of sp³-hybridized carbons (Fsp3) is 0.440. The normalized spacial score (nSPS) is 11.9. The predicted octanol–water partition coefficient (Wildman–Crippen LogP) is 6.97. The maximum absolute atomic E-state index is 5.96. The van der Waals surface area contributed by atoms with Crippen LogP contribution in [0.4, 0.5) is 0 Å². The fourth-order valence-electron chi connectivity index (χ4n) is 3.38. The lowest BCUT2D eigenvalue weighted by molar-refractivity contribution is 0.303. The zero-order chi connectivity index (χ0) is 19.6.